The van der Waals surface area contributed by atoms with E-state index in [-0.39, 0.29) is 17.7 Å². The van der Waals surface area contributed by atoms with Gasteiger partial charge in [0.15, 0.2) is 0 Å². The van der Waals surface area contributed by atoms with Crippen molar-refractivity contribution in [1.82, 2.24) is 5.32 Å². The van der Waals surface area contributed by atoms with Gasteiger partial charge in [0.25, 0.3) is 5.91 Å². The number of anilines is 1. The maximum absolute atomic E-state index is 12.6. The van der Waals surface area contributed by atoms with E-state index in [1.807, 2.05) is 45.0 Å². The number of hydrogen-bond donors (Lipinski definition) is 2. The second-order valence-electron chi connectivity index (χ2n) is 6.01. The van der Waals surface area contributed by atoms with Crippen molar-refractivity contribution in [2.24, 2.45) is 5.92 Å². The van der Waals surface area contributed by atoms with Gasteiger partial charge in [-0.3, -0.25) is 9.59 Å². The number of aryl methyl sites for hydroxylation is 1. The van der Waals surface area contributed by atoms with Gasteiger partial charge in [0, 0.05) is 16.3 Å². The van der Waals surface area contributed by atoms with Gasteiger partial charge in [0.05, 0.1) is 0 Å². The number of halogens is 1. The Balaban J connectivity index is 2.11. The summed E-state index contributed by atoms with van der Waals surface area (Å²) >= 11 is 5.83. The standard InChI is InChI=1S/C19H21ClN2O2/c1-12(2)17(19(24)21-16-7-5-4-6-13(16)3)22-18(23)14-8-10-15(20)11-9-14/h4-12,17H,1-3H3,(H,21,24)(H,22,23). The Kier molecular flexibility index (Phi) is 5.99. The van der Waals surface area contributed by atoms with Crippen molar-refractivity contribution in [3.05, 3.63) is 64.7 Å². The summed E-state index contributed by atoms with van der Waals surface area (Å²) < 4.78 is 0. The number of hydrogen-bond acceptors (Lipinski definition) is 2. The van der Waals surface area contributed by atoms with E-state index in [0.29, 0.717) is 10.6 Å². The molecule has 0 spiro atoms. The van der Waals surface area contributed by atoms with Crippen LogP contribution in [0.3, 0.4) is 0 Å². The Labute approximate surface area is 147 Å². The van der Waals surface area contributed by atoms with Crippen molar-refractivity contribution in [3.63, 3.8) is 0 Å². The van der Waals surface area contributed by atoms with E-state index in [1.165, 1.54) is 0 Å². The van der Waals surface area contributed by atoms with E-state index in [1.54, 1.807) is 24.3 Å². The van der Waals surface area contributed by atoms with Gasteiger partial charge in [-0.15, -0.1) is 0 Å². The first-order valence-electron chi connectivity index (χ1n) is 7.81. The van der Waals surface area contributed by atoms with E-state index in [4.69, 9.17) is 11.6 Å². The molecule has 1 atom stereocenters. The first kappa shape index (κ1) is 18.0. The lowest BCUT2D eigenvalue weighted by molar-refractivity contribution is -0.118. The molecule has 0 aliphatic heterocycles. The molecule has 0 saturated heterocycles. The molecular weight excluding hydrogens is 324 g/mol. The fourth-order valence-corrected chi connectivity index (χ4v) is 2.41. The average Bonchev–Trinajstić information content (AvgIpc) is 2.54. The van der Waals surface area contributed by atoms with Crippen LogP contribution in [0.25, 0.3) is 0 Å². The highest BCUT2D eigenvalue weighted by molar-refractivity contribution is 6.30. The Hall–Kier alpha value is -2.33. The van der Waals surface area contributed by atoms with Gasteiger partial charge in [-0.05, 0) is 48.7 Å². The maximum Gasteiger partial charge on any atom is 0.251 e. The molecule has 5 heteroatoms. The summed E-state index contributed by atoms with van der Waals surface area (Å²) in [5.74, 6) is -0.586. The highest BCUT2D eigenvalue weighted by atomic mass is 35.5. The van der Waals surface area contributed by atoms with Crippen LogP contribution in [0.15, 0.2) is 48.5 Å². The molecule has 0 aromatic heterocycles. The minimum absolute atomic E-state index is 0.0507. The van der Waals surface area contributed by atoms with Crippen LogP contribution >= 0.6 is 11.6 Å². The molecule has 2 N–H and O–H groups in total. The predicted molar refractivity (Wildman–Crippen MR) is 97.4 cm³/mol. The summed E-state index contributed by atoms with van der Waals surface area (Å²) in [7, 11) is 0. The Bertz CT molecular complexity index is 726. The van der Waals surface area contributed by atoms with Crippen LogP contribution < -0.4 is 10.6 Å². The largest absolute Gasteiger partial charge is 0.340 e. The summed E-state index contributed by atoms with van der Waals surface area (Å²) in [6.07, 6.45) is 0. The lowest BCUT2D eigenvalue weighted by Gasteiger charge is -2.22. The topological polar surface area (TPSA) is 58.2 Å². The van der Waals surface area contributed by atoms with E-state index >= 15 is 0 Å². The Morgan fingerprint density at radius 3 is 2.21 bits per heavy atom. The first-order chi connectivity index (χ1) is 11.4. The zero-order valence-corrected chi connectivity index (χ0v) is 14.7. The van der Waals surface area contributed by atoms with Crippen LogP contribution in [-0.2, 0) is 4.79 Å². The fourth-order valence-electron chi connectivity index (χ4n) is 2.28. The van der Waals surface area contributed by atoms with E-state index in [0.717, 1.165) is 11.3 Å². The number of carbonyl (C=O) groups is 2. The lowest BCUT2D eigenvalue weighted by Crippen LogP contribution is -2.47. The van der Waals surface area contributed by atoms with Crippen LogP contribution in [-0.4, -0.2) is 17.9 Å². The lowest BCUT2D eigenvalue weighted by atomic mass is 10.0. The molecule has 126 valence electrons. The van der Waals surface area contributed by atoms with Gasteiger partial charge < -0.3 is 10.6 Å². The van der Waals surface area contributed by atoms with Crippen molar-refractivity contribution in [1.29, 1.82) is 0 Å². The fraction of sp³-hybridized carbons (Fsp3) is 0.263. The third-order valence-corrected chi connectivity index (χ3v) is 4.00. The SMILES string of the molecule is Cc1ccccc1NC(=O)C(NC(=O)c1ccc(Cl)cc1)C(C)C. The minimum atomic E-state index is -0.632. The number of rotatable bonds is 5. The molecule has 4 nitrogen and oxygen atoms in total. The summed E-state index contributed by atoms with van der Waals surface area (Å²) in [4.78, 5) is 24.9. The average molecular weight is 345 g/mol. The molecule has 0 aliphatic rings. The summed E-state index contributed by atoms with van der Waals surface area (Å²) in [6, 6.07) is 13.5. The Morgan fingerprint density at radius 2 is 1.62 bits per heavy atom. The molecule has 24 heavy (non-hydrogen) atoms. The van der Waals surface area contributed by atoms with E-state index in [2.05, 4.69) is 10.6 Å². The van der Waals surface area contributed by atoms with Crippen molar-refractivity contribution in [2.45, 2.75) is 26.8 Å². The molecule has 2 aromatic carbocycles. The maximum atomic E-state index is 12.6. The normalized spacial score (nSPS) is 11.9. The van der Waals surface area contributed by atoms with Gasteiger partial charge in [0.1, 0.15) is 6.04 Å². The third-order valence-electron chi connectivity index (χ3n) is 3.75. The van der Waals surface area contributed by atoms with Gasteiger partial charge in [0.2, 0.25) is 5.91 Å². The summed E-state index contributed by atoms with van der Waals surface area (Å²) in [5.41, 5.74) is 2.18. The van der Waals surface area contributed by atoms with Crippen molar-refractivity contribution >= 4 is 29.1 Å². The zero-order chi connectivity index (χ0) is 17.7. The predicted octanol–water partition coefficient (Wildman–Crippen LogP) is 4.04. The zero-order valence-electron chi connectivity index (χ0n) is 14.0. The molecule has 0 heterocycles. The molecule has 0 bridgehead atoms. The van der Waals surface area contributed by atoms with Crippen LogP contribution in [0.2, 0.25) is 5.02 Å². The molecule has 0 saturated carbocycles. The van der Waals surface area contributed by atoms with E-state index < -0.39 is 6.04 Å². The summed E-state index contributed by atoms with van der Waals surface area (Å²) in [6.45, 7) is 5.71. The second-order valence-corrected chi connectivity index (χ2v) is 6.44. The van der Waals surface area contributed by atoms with Crippen LogP contribution in [0.4, 0.5) is 5.69 Å². The molecular formula is C19H21ClN2O2. The molecule has 1 unspecified atom stereocenters. The highest BCUT2D eigenvalue weighted by Gasteiger charge is 2.25. The summed E-state index contributed by atoms with van der Waals surface area (Å²) in [5, 5.41) is 6.24. The van der Waals surface area contributed by atoms with Gasteiger partial charge in [-0.25, -0.2) is 0 Å². The van der Waals surface area contributed by atoms with Crippen LogP contribution in [0.5, 0.6) is 0 Å². The number of para-hydroxylation sites is 1. The van der Waals surface area contributed by atoms with Gasteiger partial charge in [-0.2, -0.15) is 0 Å². The van der Waals surface area contributed by atoms with Crippen molar-refractivity contribution in [2.75, 3.05) is 5.32 Å². The van der Waals surface area contributed by atoms with E-state index in [9.17, 15) is 9.59 Å². The van der Waals surface area contributed by atoms with Crippen molar-refractivity contribution < 1.29 is 9.59 Å². The van der Waals surface area contributed by atoms with Crippen molar-refractivity contribution in [3.8, 4) is 0 Å². The molecule has 0 fully saturated rings. The molecule has 2 rings (SSSR count). The monoisotopic (exact) mass is 344 g/mol. The van der Waals surface area contributed by atoms with Gasteiger partial charge in [-0.1, -0.05) is 43.6 Å². The number of benzene rings is 2. The third kappa shape index (κ3) is 4.59. The molecule has 2 amide bonds. The smallest absolute Gasteiger partial charge is 0.251 e. The van der Waals surface area contributed by atoms with Crippen LogP contribution in [0, 0.1) is 12.8 Å². The molecule has 0 aliphatic carbocycles. The second kappa shape index (κ2) is 7.97. The number of carbonyl (C=O) groups excluding carboxylic acids is 2. The van der Waals surface area contributed by atoms with Gasteiger partial charge >= 0.3 is 0 Å². The first-order valence-corrected chi connectivity index (χ1v) is 8.19. The molecule has 0 radical (unpaired) electrons. The highest BCUT2D eigenvalue weighted by Crippen LogP contribution is 2.15. The molecule has 2 aromatic rings. The number of nitrogens with one attached hydrogen (secondary N) is 2. The number of amides is 2. The quantitative estimate of drug-likeness (QED) is 0.860. The Morgan fingerprint density at radius 1 is 1.00 bits per heavy atom. The minimum Gasteiger partial charge on any atom is -0.340 e. The van der Waals surface area contributed by atoms with Crippen LogP contribution in [0.1, 0.15) is 29.8 Å².